The molecule has 0 unspecified atom stereocenters. The second-order valence-electron chi connectivity index (χ2n) is 4.61. The van der Waals surface area contributed by atoms with Gasteiger partial charge in [0.1, 0.15) is 5.75 Å². The van der Waals surface area contributed by atoms with Gasteiger partial charge in [-0.1, -0.05) is 26.0 Å². The third-order valence-electron chi connectivity index (χ3n) is 2.85. The molecule has 0 heterocycles. The van der Waals surface area contributed by atoms with Crippen molar-refractivity contribution < 1.29 is 13.5 Å². The van der Waals surface area contributed by atoms with E-state index in [1.807, 2.05) is 12.1 Å². The molecule has 0 aliphatic rings. The number of rotatable bonds is 3. The highest BCUT2D eigenvalue weighted by molar-refractivity contribution is 5.54. The summed E-state index contributed by atoms with van der Waals surface area (Å²) < 4.78 is 32.0. The van der Waals surface area contributed by atoms with Gasteiger partial charge in [-0.3, -0.25) is 0 Å². The van der Waals surface area contributed by atoms with Crippen molar-refractivity contribution in [2.45, 2.75) is 19.8 Å². The SMILES string of the molecule is CC(C)c1ccc(Oc2c(N)ccc(F)c2F)cc1. The van der Waals surface area contributed by atoms with Crippen molar-refractivity contribution in [2.24, 2.45) is 0 Å². The Bertz CT molecular complexity index is 579. The molecule has 2 N–H and O–H groups in total. The highest BCUT2D eigenvalue weighted by Crippen LogP contribution is 2.32. The highest BCUT2D eigenvalue weighted by Gasteiger charge is 2.14. The van der Waals surface area contributed by atoms with Crippen LogP contribution in [0.1, 0.15) is 25.3 Å². The Labute approximate surface area is 110 Å². The number of ether oxygens (including phenoxy) is 1. The van der Waals surface area contributed by atoms with Crippen molar-refractivity contribution in [3.05, 3.63) is 53.6 Å². The fourth-order valence-electron chi connectivity index (χ4n) is 1.69. The largest absolute Gasteiger partial charge is 0.452 e. The third-order valence-corrected chi connectivity index (χ3v) is 2.85. The summed E-state index contributed by atoms with van der Waals surface area (Å²) in [7, 11) is 0. The summed E-state index contributed by atoms with van der Waals surface area (Å²) >= 11 is 0. The average molecular weight is 263 g/mol. The van der Waals surface area contributed by atoms with E-state index in [1.54, 1.807) is 12.1 Å². The first-order chi connectivity index (χ1) is 8.99. The highest BCUT2D eigenvalue weighted by atomic mass is 19.2. The molecule has 0 atom stereocenters. The molecule has 2 aromatic carbocycles. The van der Waals surface area contributed by atoms with E-state index < -0.39 is 11.6 Å². The minimum Gasteiger partial charge on any atom is -0.452 e. The third kappa shape index (κ3) is 2.84. The predicted molar refractivity (Wildman–Crippen MR) is 71.4 cm³/mol. The Morgan fingerprint density at radius 3 is 2.21 bits per heavy atom. The van der Waals surface area contributed by atoms with Crippen LogP contribution in [0.2, 0.25) is 0 Å². The van der Waals surface area contributed by atoms with Gasteiger partial charge in [-0.05, 0) is 35.7 Å². The van der Waals surface area contributed by atoms with Gasteiger partial charge in [0.15, 0.2) is 11.6 Å². The smallest absolute Gasteiger partial charge is 0.203 e. The van der Waals surface area contributed by atoms with Crippen LogP contribution in [0.3, 0.4) is 0 Å². The molecule has 4 heteroatoms. The van der Waals surface area contributed by atoms with Crippen LogP contribution >= 0.6 is 0 Å². The topological polar surface area (TPSA) is 35.2 Å². The van der Waals surface area contributed by atoms with Crippen LogP contribution in [0.15, 0.2) is 36.4 Å². The number of halogens is 2. The van der Waals surface area contributed by atoms with Crippen LogP contribution in [0, 0.1) is 11.6 Å². The first kappa shape index (κ1) is 13.3. The summed E-state index contributed by atoms with van der Waals surface area (Å²) in [6.07, 6.45) is 0. The quantitative estimate of drug-likeness (QED) is 0.829. The summed E-state index contributed by atoms with van der Waals surface area (Å²) in [5.74, 6) is -1.53. The lowest BCUT2D eigenvalue weighted by atomic mass is 10.0. The Kier molecular flexibility index (Phi) is 3.69. The van der Waals surface area contributed by atoms with Crippen molar-refractivity contribution in [3.63, 3.8) is 0 Å². The minimum absolute atomic E-state index is 0.0619. The first-order valence-corrected chi connectivity index (χ1v) is 6.00. The summed E-state index contributed by atoms with van der Waals surface area (Å²) in [6, 6.07) is 9.43. The van der Waals surface area contributed by atoms with Gasteiger partial charge in [0.2, 0.25) is 5.82 Å². The molecular weight excluding hydrogens is 248 g/mol. The van der Waals surface area contributed by atoms with Gasteiger partial charge in [0.05, 0.1) is 5.69 Å². The molecular formula is C15H15F2NO. The first-order valence-electron chi connectivity index (χ1n) is 6.00. The Hall–Kier alpha value is -2.10. The second kappa shape index (κ2) is 5.26. The molecule has 0 saturated heterocycles. The fraction of sp³-hybridized carbons (Fsp3) is 0.200. The predicted octanol–water partition coefficient (Wildman–Crippen LogP) is 4.46. The molecule has 2 rings (SSSR count). The number of benzene rings is 2. The Morgan fingerprint density at radius 2 is 1.63 bits per heavy atom. The van der Waals surface area contributed by atoms with Gasteiger partial charge in [0.25, 0.3) is 0 Å². The fourth-order valence-corrected chi connectivity index (χ4v) is 1.69. The maximum atomic E-state index is 13.6. The zero-order valence-electron chi connectivity index (χ0n) is 10.8. The molecule has 0 saturated carbocycles. The van der Waals surface area contributed by atoms with Gasteiger partial charge in [-0.2, -0.15) is 4.39 Å². The van der Waals surface area contributed by atoms with Crippen LogP contribution in [0.25, 0.3) is 0 Å². The molecule has 100 valence electrons. The average Bonchev–Trinajstić information content (AvgIpc) is 2.40. The standard InChI is InChI=1S/C15H15F2NO/c1-9(2)10-3-5-11(6-4-10)19-15-13(18)8-7-12(16)14(15)17/h3-9H,18H2,1-2H3. The van der Waals surface area contributed by atoms with Gasteiger partial charge in [-0.25, -0.2) is 4.39 Å². The van der Waals surface area contributed by atoms with Crippen molar-refractivity contribution in [3.8, 4) is 11.5 Å². The van der Waals surface area contributed by atoms with Crippen LogP contribution in [-0.2, 0) is 0 Å². The zero-order chi connectivity index (χ0) is 14.0. The molecule has 0 fully saturated rings. The van der Waals surface area contributed by atoms with Gasteiger partial charge in [0, 0.05) is 0 Å². The molecule has 0 aromatic heterocycles. The molecule has 2 nitrogen and oxygen atoms in total. The van der Waals surface area contributed by atoms with E-state index in [0.717, 1.165) is 11.6 Å². The van der Waals surface area contributed by atoms with Gasteiger partial charge in [-0.15, -0.1) is 0 Å². The van der Waals surface area contributed by atoms with Crippen LogP contribution in [-0.4, -0.2) is 0 Å². The van der Waals surface area contributed by atoms with Crippen molar-refractivity contribution in [1.29, 1.82) is 0 Å². The summed E-state index contributed by atoms with van der Waals surface area (Å²) in [6.45, 7) is 4.14. The number of hydrogen-bond acceptors (Lipinski definition) is 2. The van der Waals surface area contributed by atoms with Crippen molar-refractivity contribution in [2.75, 3.05) is 5.73 Å². The lowest BCUT2D eigenvalue weighted by Gasteiger charge is -2.11. The summed E-state index contributed by atoms with van der Waals surface area (Å²) in [5, 5.41) is 0. The summed E-state index contributed by atoms with van der Waals surface area (Å²) in [5.41, 5.74) is 6.79. The molecule has 2 aromatic rings. The second-order valence-corrected chi connectivity index (χ2v) is 4.61. The zero-order valence-corrected chi connectivity index (χ0v) is 10.8. The number of hydrogen-bond donors (Lipinski definition) is 1. The Balaban J connectivity index is 2.29. The lowest BCUT2D eigenvalue weighted by Crippen LogP contribution is -1.98. The molecule has 0 spiro atoms. The van der Waals surface area contributed by atoms with E-state index in [0.29, 0.717) is 11.7 Å². The normalized spacial score (nSPS) is 10.8. The van der Waals surface area contributed by atoms with E-state index in [-0.39, 0.29) is 11.4 Å². The molecule has 0 amide bonds. The van der Waals surface area contributed by atoms with E-state index in [4.69, 9.17) is 10.5 Å². The Morgan fingerprint density at radius 1 is 1.00 bits per heavy atom. The molecule has 0 bridgehead atoms. The molecule has 19 heavy (non-hydrogen) atoms. The maximum Gasteiger partial charge on any atom is 0.203 e. The van der Waals surface area contributed by atoms with E-state index in [2.05, 4.69) is 13.8 Å². The van der Waals surface area contributed by atoms with Gasteiger partial charge >= 0.3 is 0 Å². The van der Waals surface area contributed by atoms with Crippen LogP contribution in [0.5, 0.6) is 11.5 Å². The maximum absolute atomic E-state index is 13.6. The lowest BCUT2D eigenvalue weighted by molar-refractivity contribution is 0.418. The minimum atomic E-state index is -1.08. The van der Waals surface area contributed by atoms with Crippen molar-refractivity contribution in [1.82, 2.24) is 0 Å². The molecule has 0 aliphatic heterocycles. The number of nitrogens with two attached hydrogens (primary N) is 1. The molecule has 0 aliphatic carbocycles. The molecule has 0 radical (unpaired) electrons. The summed E-state index contributed by atoms with van der Waals surface area (Å²) in [4.78, 5) is 0. The van der Waals surface area contributed by atoms with Gasteiger partial charge < -0.3 is 10.5 Å². The van der Waals surface area contributed by atoms with Crippen LogP contribution < -0.4 is 10.5 Å². The van der Waals surface area contributed by atoms with Crippen molar-refractivity contribution >= 4 is 5.69 Å². The van der Waals surface area contributed by atoms with E-state index in [9.17, 15) is 8.78 Å². The monoisotopic (exact) mass is 263 g/mol. The number of nitrogen functional groups attached to an aromatic ring is 1. The van der Waals surface area contributed by atoms with E-state index >= 15 is 0 Å². The van der Waals surface area contributed by atoms with E-state index in [1.165, 1.54) is 6.07 Å². The number of anilines is 1. The van der Waals surface area contributed by atoms with Crippen LogP contribution in [0.4, 0.5) is 14.5 Å².